The third-order valence-electron chi connectivity index (χ3n) is 3.56. The number of hydrogen-bond acceptors (Lipinski definition) is 3. The van der Waals surface area contributed by atoms with Gasteiger partial charge in [0.15, 0.2) is 6.29 Å². The molecule has 0 bridgehead atoms. The van der Waals surface area contributed by atoms with E-state index in [0.717, 1.165) is 29.8 Å². The minimum Gasteiger partial charge on any atom is -0.345 e. The van der Waals surface area contributed by atoms with Gasteiger partial charge in [-0.25, -0.2) is 4.39 Å². The summed E-state index contributed by atoms with van der Waals surface area (Å²) in [7, 11) is 1.87. The Morgan fingerprint density at radius 1 is 1.18 bits per heavy atom. The zero-order valence-electron chi connectivity index (χ0n) is 13.0. The highest BCUT2D eigenvalue weighted by Gasteiger charge is 2.08. The zero-order valence-corrected chi connectivity index (χ0v) is 13.0. The van der Waals surface area contributed by atoms with Crippen molar-refractivity contribution >= 4 is 29.1 Å². The quantitative estimate of drug-likeness (QED) is 0.580. The van der Waals surface area contributed by atoms with E-state index in [9.17, 15) is 9.18 Å². The van der Waals surface area contributed by atoms with Crippen molar-refractivity contribution in [3.63, 3.8) is 0 Å². The van der Waals surface area contributed by atoms with Crippen LogP contribution < -0.4 is 4.90 Å². The molecule has 2 rings (SSSR count). The Balaban J connectivity index is 2.36. The van der Waals surface area contributed by atoms with E-state index in [2.05, 4.69) is 4.99 Å². The third-order valence-corrected chi connectivity index (χ3v) is 3.56. The largest absolute Gasteiger partial charge is 0.345 e. The van der Waals surface area contributed by atoms with Crippen LogP contribution in [0.5, 0.6) is 0 Å². The van der Waals surface area contributed by atoms with Crippen LogP contribution >= 0.6 is 0 Å². The first-order valence-corrected chi connectivity index (χ1v) is 7.18. The standard InChI is InChI=1S/C18H19FN2O/c1-4-13(2)20-18-10-9-17(11-14(18)12-22)21(3)16-7-5-15(19)6-8-16/h5-12H,4H2,1-3H3. The molecular formula is C18H19FN2O. The third kappa shape index (κ3) is 3.58. The maximum absolute atomic E-state index is 13.0. The Labute approximate surface area is 130 Å². The van der Waals surface area contributed by atoms with Crippen molar-refractivity contribution in [3.05, 3.63) is 53.8 Å². The molecule has 4 heteroatoms. The monoisotopic (exact) mass is 298 g/mol. The predicted octanol–water partition coefficient (Wildman–Crippen LogP) is 4.91. The van der Waals surface area contributed by atoms with Gasteiger partial charge in [0.05, 0.1) is 5.69 Å². The summed E-state index contributed by atoms with van der Waals surface area (Å²) in [5.41, 5.74) is 3.88. The summed E-state index contributed by atoms with van der Waals surface area (Å²) in [4.78, 5) is 17.7. The second kappa shape index (κ2) is 6.98. The molecule has 0 amide bonds. The van der Waals surface area contributed by atoms with Crippen LogP contribution in [0.4, 0.5) is 21.5 Å². The minimum absolute atomic E-state index is 0.273. The first kappa shape index (κ1) is 15.9. The van der Waals surface area contributed by atoms with Crippen LogP contribution in [0.3, 0.4) is 0 Å². The molecule has 0 atom stereocenters. The van der Waals surface area contributed by atoms with Crippen molar-refractivity contribution < 1.29 is 9.18 Å². The molecule has 0 unspecified atom stereocenters. The lowest BCUT2D eigenvalue weighted by atomic mass is 10.1. The number of aliphatic imine (C=N–C) groups is 1. The summed E-state index contributed by atoms with van der Waals surface area (Å²) in [6.45, 7) is 3.96. The second-order valence-corrected chi connectivity index (χ2v) is 5.10. The smallest absolute Gasteiger partial charge is 0.152 e. The highest BCUT2D eigenvalue weighted by atomic mass is 19.1. The molecule has 0 N–H and O–H groups in total. The van der Waals surface area contributed by atoms with E-state index in [0.29, 0.717) is 11.3 Å². The Morgan fingerprint density at radius 3 is 2.41 bits per heavy atom. The van der Waals surface area contributed by atoms with Crippen molar-refractivity contribution in [1.82, 2.24) is 0 Å². The van der Waals surface area contributed by atoms with Crippen molar-refractivity contribution in [2.45, 2.75) is 20.3 Å². The fraction of sp³-hybridized carbons (Fsp3) is 0.222. The molecule has 0 saturated heterocycles. The zero-order chi connectivity index (χ0) is 16.1. The van der Waals surface area contributed by atoms with Crippen molar-refractivity contribution in [2.24, 2.45) is 4.99 Å². The summed E-state index contributed by atoms with van der Waals surface area (Å²) in [5.74, 6) is -0.273. The molecule has 2 aromatic carbocycles. The Hall–Kier alpha value is -2.49. The molecule has 114 valence electrons. The Bertz CT molecular complexity index is 693. The molecule has 0 radical (unpaired) electrons. The predicted molar refractivity (Wildman–Crippen MR) is 89.4 cm³/mol. The van der Waals surface area contributed by atoms with Gasteiger partial charge in [-0.15, -0.1) is 0 Å². The van der Waals surface area contributed by atoms with Crippen molar-refractivity contribution in [2.75, 3.05) is 11.9 Å². The first-order valence-electron chi connectivity index (χ1n) is 7.18. The number of hydrogen-bond donors (Lipinski definition) is 0. The molecule has 3 nitrogen and oxygen atoms in total. The molecule has 0 aromatic heterocycles. The van der Waals surface area contributed by atoms with Crippen LogP contribution in [0.25, 0.3) is 0 Å². The molecule has 0 aliphatic carbocycles. The number of anilines is 2. The maximum Gasteiger partial charge on any atom is 0.152 e. The summed E-state index contributed by atoms with van der Waals surface area (Å²) < 4.78 is 13.0. The van der Waals surface area contributed by atoms with E-state index >= 15 is 0 Å². The van der Waals surface area contributed by atoms with Crippen LogP contribution in [0.2, 0.25) is 0 Å². The number of carbonyl (C=O) groups is 1. The van der Waals surface area contributed by atoms with Crippen molar-refractivity contribution in [1.29, 1.82) is 0 Å². The summed E-state index contributed by atoms with van der Waals surface area (Å²) in [6.07, 6.45) is 1.65. The Kier molecular flexibility index (Phi) is 5.04. The number of halogens is 1. The number of nitrogens with zero attached hydrogens (tertiary/aromatic N) is 2. The minimum atomic E-state index is -0.273. The molecule has 22 heavy (non-hydrogen) atoms. The fourth-order valence-electron chi connectivity index (χ4n) is 2.05. The van der Waals surface area contributed by atoms with Gasteiger partial charge in [-0.2, -0.15) is 0 Å². The van der Waals surface area contributed by atoms with Gasteiger partial charge < -0.3 is 4.90 Å². The van der Waals surface area contributed by atoms with Gasteiger partial charge in [0.2, 0.25) is 0 Å². The fourth-order valence-corrected chi connectivity index (χ4v) is 2.05. The molecular weight excluding hydrogens is 279 g/mol. The average Bonchev–Trinajstić information content (AvgIpc) is 2.55. The van der Waals surface area contributed by atoms with E-state index in [1.54, 1.807) is 18.2 Å². The van der Waals surface area contributed by atoms with Crippen molar-refractivity contribution in [3.8, 4) is 0 Å². The van der Waals surface area contributed by atoms with E-state index in [1.807, 2.05) is 37.9 Å². The summed E-state index contributed by atoms with van der Waals surface area (Å²) in [5, 5.41) is 0. The van der Waals surface area contributed by atoms with Gasteiger partial charge in [0.25, 0.3) is 0 Å². The Morgan fingerprint density at radius 2 is 1.82 bits per heavy atom. The van der Waals surface area contributed by atoms with Crippen LogP contribution in [0, 0.1) is 5.82 Å². The highest BCUT2D eigenvalue weighted by molar-refractivity contribution is 5.90. The highest BCUT2D eigenvalue weighted by Crippen LogP contribution is 2.28. The van der Waals surface area contributed by atoms with E-state index in [-0.39, 0.29) is 5.82 Å². The number of benzene rings is 2. The topological polar surface area (TPSA) is 32.7 Å². The average molecular weight is 298 g/mol. The number of carbonyl (C=O) groups excluding carboxylic acids is 1. The summed E-state index contributed by atoms with van der Waals surface area (Å²) in [6, 6.07) is 11.7. The van der Waals surface area contributed by atoms with Gasteiger partial charge in [-0.05, 0) is 55.8 Å². The maximum atomic E-state index is 13.0. The van der Waals surface area contributed by atoms with Crippen LogP contribution in [0.1, 0.15) is 30.6 Å². The van der Waals surface area contributed by atoms with Crippen LogP contribution in [0.15, 0.2) is 47.5 Å². The molecule has 0 aliphatic heterocycles. The normalized spacial score (nSPS) is 11.4. The SMILES string of the molecule is CCC(C)=Nc1ccc(N(C)c2ccc(F)cc2)cc1C=O. The van der Waals surface area contributed by atoms with E-state index in [4.69, 9.17) is 0 Å². The molecule has 0 aliphatic rings. The van der Waals surface area contributed by atoms with Gasteiger partial charge in [0.1, 0.15) is 5.82 Å². The van der Waals surface area contributed by atoms with Gasteiger partial charge in [-0.1, -0.05) is 6.92 Å². The second-order valence-electron chi connectivity index (χ2n) is 5.10. The lowest BCUT2D eigenvalue weighted by Gasteiger charge is -2.20. The van der Waals surface area contributed by atoms with Crippen LogP contribution in [-0.2, 0) is 0 Å². The van der Waals surface area contributed by atoms with Gasteiger partial charge in [0, 0.05) is 29.7 Å². The molecule has 2 aromatic rings. The van der Waals surface area contributed by atoms with E-state index < -0.39 is 0 Å². The number of rotatable bonds is 5. The molecule has 0 fully saturated rings. The first-order chi connectivity index (χ1) is 10.5. The summed E-state index contributed by atoms with van der Waals surface area (Å²) >= 11 is 0. The lowest BCUT2D eigenvalue weighted by molar-refractivity contribution is 0.112. The van der Waals surface area contributed by atoms with Crippen LogP contribution in [-0.4, -0.2) is 19.0 Å². The lowest BCUT2D eigenvalue weighted by Crippen LogP contribution is -2.09. The molecule has 0 spiro atoms. The van der Waals surface area contributed by atoms with E-state index in [1.165, 1.54) is 12.1 Å². The molecule has 0 heterocycles. The number of aldehydes is 1. The molecule has 0 saturated carbocycles. The van der Waals surface area contributed by atoms with Gasteiger partial charge >= 0.3 is 0 Å². The van der Waals surface area contributed by atoms with Gasteiger partial charge in [-0.3, -0.25) is 9.79 Å².